The molecule has 0 aromatic heterocycles. The Morgan fingerprint density at radius 2 is 2.00 bits per heavy atom. The van der Waals surface area contributed by atoms with Crippen LogP contribution in [0.15, 0.2) is 0 Å². The standard InChI is InChI=1S/C13H26N2O/c1-13(2,16-3)8-7-11(15-14)12-9-5-4-6-10(9)12/h9-12,15H,4-8,14H2,1-3H3. The van der Waals surface area contributed by atoms with Gasteiger partial charge in [0.25, 0.3) is 0 Å². The highest BCUT2D eigenvalue weighted by Crippen LogP contribution is 2.59. The number of hydrogen-bond donors (Lipinski definition) is 2. The third-order valence-corrected chi connectivity index (χ3v) is 4.76. The van der Waals surface area contributed by atoms with Crippen LogP contribution >= 0.6 is 0 Å². The SMILES string of the molecule is COC(C)(C)CCC(NN)C1C2CCCC21. The van der Waals surface area contributed by atoms with Gasteiger partial charge in [-0.15, -0.1) is 0 Å². The molecule has 0 saturated heterocycles. The first-order valence-electron chi connectivity index (χ1n) is 6.60. The molecule has 0 heterocycles. The molecule has 16 heavy (non-hydrogen) atoms. The lowest BCUT2D eigenvalue weighted by atomic mass is 9.94. The first-order valence-corrected chi connectivity index (χ1v) is 6.60. The number of hydrogen-bond acceptors (Lipinski definition) is 3. The van der Waals surface area contributed by atoms with Gasteiger partial charge in [-0.25, -0.2) is 0 Å². The molecule has 2 aliphatic carbocycles. The van der Waals surface area contributed by atoms with Gasteiger partial charge in [0.05, 0.1) is 5.60 Å². The lowest BCUT2D eigenvalue weighted by Crippen LogP contribution is -2.39. The summed E-state index contributed by atoms with van der Waals surface area (Å²) in [4.78, 5) is 0. The molecule has 3 heteroatoms. The zero-order valence-electron chi connectivity index (χ0n) is 10.8. The summed E-state index contributed by atoms with van der Waals surface area (Å²) in [6.07, 6.45) is 6.51. The monoisotopic (exact) mass is 226 g/mol. The Bertz CT molecular complexity index is 232. The fourth-order valence-electron chi connectivity index (χ4n) is 3.47. The first-order chi connectivity index (χ1) is 7.59. The van der Waals surface area contributed by atoms with Crippen LogP contribution in [0.3, 0.4) is 0 Å². The van der Waals surface area contributed by atoms with Crippen LogP contribution in [0, 0.1) is 17.8 Å². The number of rotatable bonds is 6. The van der Waals surface area contributed by atoms with E-state index in [0.29, 0.717) is 6.04 Å². The topological polar surface area (TPSA) is 47.3 Å². The predicted octanol–water partition coefficient (Wildman–Crippen LogP) is 2.07. The Morgan fingerprint density at radius 1 is 1.38 bits per heavy atom. The van der Waals surface area contributed by atoms with Crippen molar-refractivity contribution in [1.29, 1.82) is 0 Å². The summed E-state index contributed by atoms with van der Waals surface area (Å²) < 4.78 is 5.46. The third-order valence-electron chi connectivity index (χ3n) is 4.76. The molecule has 0 aromatic rings. The minimum Gasteiger partial charge on any atom is -0.379 e. The normalized spacial score (nSPS) is 34.9. The van der Waals surface area contributed by atoms with E-state index in [1.54, 1.807) is 7.11 Å². The Hall–Kier alpha value is -0.120. The second kappa shape index (κ2) is 4.63. The highest BCUT2D eigenvalue weighted by molar-refractivity contribution is 5.05. The van der Waals surface area contributed by atoms with E-state index in [9.17, 15) is 0 Å². The van der Waals surface area contributed by atoms with Gasteiger partial charge in [-0.2, -0.15) is 0 Å². The molecule has 0 radical (unpaired) electrons. The average Bonchev–Trinajstić information content (AvgIpc) is 2.75. The number of ether oxygens (including phenoxy) is 1. The maximum absolute atomic E-state index is 5.70. The molecule has 94 valence electrons. The van der Waals surface area contributed by atoms with Crippen LogP contribution in [0.2, 0.25) is 0 Å². The van der Waals surface area contributed by atoms with Crippen LogP contribution in [0.5, 0.6) is 0 Å². The molecule has 2 saturated carbocycles. The van der Waals surface area contributed by atoms with Crippen LogP contribution in [-0.4, -0.2) is 18.8 Å². The van der Waals surface area contributed by atoms with Gasteiger partial charge in [-0.05, 0) is 57.3 Å². The van der Waals surface area contributed by atoms with Gasteiger partial charge in [-0.1, -0.05) is 6.42 Å². The fourth-order valence-corrected chi connectivity index (χ4v) is 3.47. The van der Waals surface area contributed by atoms with Crippen molar-refractivity contribution in [1.82, 2.24) is 5.43 Å². The van der Waals surface area contributed by atoms with E-state index in [1.165, 1.54) is 19.3 Å². The number of hydrazine groups is 1. The third kappa shape index (κ3) is 2.41. The largest absolute Gasteiger partial charge is 0.379 e. The van der Waals surface area contributed by atoms with Crippen LogP contribution in [-0.2, 0) is 4.74 Å². The van der Waals surface area contributed by atoms with E-state index in [2.05, 4.69) is 19.3 Å². The van der Waals surface area contributed by atoms with Gasteiger partial charge in [0, 0.05) is 13.2 Å². The zero-order chi connectivity index (χ0) is 11.8. The summed E-state index contributed by atoms with van der Waals surface area (Å²) in [5, 5.41) is 0. The molecule has 0 bridgehead atoms. The number of fused-ring (bicyclic) bond motifs is 1. The Kier molecular flexibility index (Phi) is 3.57. The summed E-state index contributed by atoms with van der Waals surface area (Å²) in [5.74, 6) is 8.51. The molecule has 2 fully saturated rings. The van der Waals surface area contributed by atoms with E-state index in [-0.39, 0.29) is 5.60 Å². The maximum atomic E-state index is 5.70. The molecule has 0 amide bonds. The molecule has 0 aromatic carbocycles. The average molecular weight is 226 g/mol. The number of methoxy groups -OCH3 is 1. The van der Waals surface area contributed by atoms with Gasteiger partial charge >= 0.3 is 0 Å². The molecule has 0 aliphatic heterocycles. The van der Waals surface area contributed by atoms with E-state index >= 15 is 0 Å². The molecule has 2 rings (SSSR count). The number of nitrogens with two attached hydrogens (primary N) is 1. The molecule has 3 nitrogen and oxygen atoms in total. The van der Waals surface area contributed by atoms with Crippen molar-refractivity contribution in [3.05, 3.63) is 0 Å². The summed E-state index contributed by atoms with van der Waals surface area (Å²) in [7, 11) is 1.79. The van der Waals surface area contributed by atoms with Gasteiger partial charge in [0.1, 0.15) is 0 Å². The molecular weight excluding hydrogens is 200 g/mol. The van der Waals surface area contributed by atoms with Crippen molar-refractivity contribution in [3.8, 4) is 0 Å². The van der Waals surface area contributed by atoms with Crippen molar-refractivity contribution in [2.24, 2.45) is 23.6 Å². The maximum Gasteiger partial charge on any atom is 0.0623 e. The Morgan fingerprint density at radius 3 is 2.50 bits per heavy atom. The second-order valence-electron chi connectivity index (χ2n) is 6.11. The number of nitrogens with one attached hydrogen (secondary N) is 1. The second-order valence-corrected chi connectivity index (χ2v) is 6.11. The van der Waals surface area contributed by atoms with Crippen LogP contribution < -0.4 is 11.3 Å². The predicted molar refractivity (Wildman–Crippen MR) is 65.8 cm³/mol. The van der Waals surface area contributed by atoms with Crippen molar-refractivity contribution in [2.45, 2.75) is 57.6 Å². The quantitative estimate of drug-likeness (QED) is 0.538. The summed E-state index contributed by atoms with van der Waals surface area (Å²) >= 11 is 0. The van der Waals surface area contributed by atoms with Crippen molar-refractivity contribution >= 4 is 0 Å². The Labute approximate surface area is 99.1 Å². The highest BCUT2D eigenvalue weighted by Gasteiger charge is 2.55. The van der Waals surface area contributed by atoms with E-state index in [4.69, 9.17) is 10.6 Å². The van der Waals surface area contributed by atoms with Gasteiger partial charge in [0.15, 0.2) is 0 Å². The van der Waals surface area contributed by atoms with Gasteiger partial charge in [0.2, 0.25) is 0 Å². The van der Waals surface area contributed by atoms with E-state index in [1.807, 2.05) is 0 Å². The van der Waals surface area contributed by atoms with Crippen LogP contribution in [0.25, 0.3) is 0 Å². The van der Waals surface area contributed by atoms with Gasteiger partial charge in [-0.3, -0.25) is 11.3 Å². The lowest BCUT2D eigenvalue weighted by Gasteiger charge is -2.26. The minimum absolute atomic E-state index is 0.0148. The fraction of sp³-hybridized carbons (Fsp3) is 1.00. The van der Waals surface area contributed by atoms with Crippen molar-refractivity contribution in [3.63, 3.8) is 0 Å². The van der Waals surface area contributed by atoms with E-state index < -0.39 is 0 Å². The lowest BCUT2D eigenvalue weighted by molar-refractivity contribution is 0.0109. The molecule has 3 unspecified atom stereocenters. The molecule has 0 spiro atoms. The minimum atomic E-state index is -0.0148. The first kappa shape index (κ1) is 12.3. The highest BCUT2D eigenvalue weighted by atomic mass is 16.5. The summed E-state index contributed by atoms with van der Waals surface area (Å²) in [6, 6.07) is 0.504. The van der Waals surface area contributed by atoms with Crippen molar-refractivity contribution in [2.75, 3.05) is 7.11 Å². The molecular formula is C13H26N2O. The Balaban J connectivity index is 1.79. The van der Waals surface area contributed by atoms with E-state index in [0.717, 1.165) is 30.6 Å². The van der Waals surface area contributed by atoms with Crippen LogP contribution in [0.1, 0.15) is 46.0 Å². The smallest absolute Gasteiger partial charge is 0.0623 e. The molecule has 3 N–H and O–H groups in total. The summed E-state index contributed by atoms with van der Waals surface area (Å²) in [5.41, 5.74) is 3.02. The molecule has 3 atom stereocenters. The van der Waals surface area contributed by atoms with Crippen molar-refractivity contribution < 1.29 is 4.74 Å². The molecule has 2 aliphatic rings. The summed E-state index contributed by atoms with van der Waals surface area (Å²) in [6.45, 7) is 4.29. The van der Waals surface area contributed by atoms with Gasteiger partial charge < -0.3 is 4.74 Å². The zero-order valence-corrected chi connectivity index (χ0v) is 10.8. The van der Waals surface area contributed by atoms with Crippen LogP contribution in [0.4, 0.5) is 0 Å².